The molecule has 2 atom stereocenters. The molecule has 82 valence electrons. The van der Waals surface area contributed by atoms with Crippen molar-refractivity contribution in [3.05, 3.63) is 0 Å². The summed E-state index contributed by atoms with van der Waals surface area (Å²) in [5.41, 5.74) is 0.488. The number of nitrogens with one attached hydrogen (secondary N) is 1. The smallest absolute Gasteiger partial charge is 0.0155 e. The molecule has 0 aliphatic heterocycles. The highest BCUT2D eigenvalue weighted by atomic mass is 15.0. The summed E-state index contributed by atoms with van der Waals surface area (Å²) in [6.45, 7) is 4.84. The van der Waals surface area contributed by atoms with E-state index >= 15 is 0 Å². The third-order valence-corrected chi connectivity index (χ3v) is 4.20. The predicted molar refractivity (Wildman–Crippen MR) is 61.4 cm³/mol. The molecule has 1 heteroatoms. The molecule has 0 bridgehead atoms. The van der Waals surface area contributed by atoms with Crippen LogP contribution in [0.4, 0.5) is 0 Å². The van der Waals surface area contributed by atoms with E-state index in [1.807, 2.05) is 0 Å². The van der Waals surface area contributed by atoms with Crippen LogP contribution in [0.5, 0.6) is 0 Å². The van der Waals surface area contributed by atoms with Gasteiger partial charge in [-0.1, -0.05) is 32.6 Å². The number of hydrogen-bond acceptors (Lipinski definition) is 1. The fourth-order valence-corrected chi connectivity index (χ4v) is 3.36. The van der Waals surface area contributed by atoms with Gasteiger partial charge in [-0.25, -0.2) is 0 Å². The van der Waals surface area contributed by atoms with Gasteiger partial charge >= 0.3 is 0 Å². The largest absolute Gasteiger partial charge is 0.309 e. The molecule has 2 saturated carbocycles. The van der Waals surface area contributed by atoms with Crippen molar-refractivity contribution in [2.24, 2.45) is 5.92 Å². The van der Waals surface area contributed by atoms with Crippen LogP contribution in [0.1, 0.15) is 65.2 Å². The lowest BCUT2D eigenvalue weighted by molar-refractivity contribution is 0.234. The summed E-state index contributed by atoms with van der Waals surface area (Å²) < 4.78 is 0. The number of hydrogen-bond donors (Lipinski definition) is 1. The molecular formula is C13H25N. The zero-order chi connectivity index (χ0) is 10.0. The van der Waals surface area contributed by atoms with E-state index in [9.17, 15) is 0 Å². The molecule has 0 saturated heterocycles. The lowest BCUT2D eigenvalue weighted by Gasteiger charge is -2.35. The van der Waals surface area contributed by atoms with Crippen molar-refractivity contribution in [1.82, 2.24) is 5.32 Å². The Morgan fingerprint density at radius 1 is 1.07 bits per heavy atom. The molecule has 14 heavy (non-hydrogen) atoms. The van der Waals surface area contributed by atoms with E-state index in [0.717, 1.165) is 12.0 Å². The van der Waals surface area contributed by atoms with Gasteiger partial charge in [0.1, 0.15) is 0 Å². The Hall–Kier alpha value is -0.0400. The summed E-state index contributed by atoms with van der Waals surface area (Å²) in [7, 11) is 0. The van der Waals surface area contributed by atoms with Gasteiger partial charge in [-0.3, -0.25) is 0 Å². The van der Waals surface area contributed by atoms with Gasteiger partial charge in [0.25, 0.3) is 0 Å². The van der Waals surface area contributed by atoms with Crippen molar-refractivity contribution in [1.29, 1.82) is 0 Å². The van der Waals surface area contributed by atoms with Gasteiger partial charge in [-0.05, 0) is 38.5 Å². The summed E-state index contributed by atoms with van der Waals surface area (Å²) in [5.74, 6) is 0.950. The van der Waals surface area contributed by atoms with Gasteiger partial charge in [-0.2, -0.15) is 0 Å². The maximum absolute atomic E-state index is 3.92. The molecule has 2 rings (SSSR count). The molecule has 2 unspecified atom stereocenters. The minimum Gasteiger partial charge on any atom is -0.309 e. The summed E-state index contributed by atoms with van der Waals surface area (Å²) in [6.07, 6.45) is 11.4. The summed E-state index contributed by atoms with van der Waals surface area (Å²) in [5, 5.41) is 3.92. The molecule has 0 heterocycles. The second-order valence-electron chi connectivity index (χ2n) is 5.88. The first kappa shape index (κ1) is 10.5. The van der Waals surface area contributed by atoms with Crippen LogP contribution >= 0.6 is 0 Å². The van der Waals surface area contributed by atoms with E-state index in [1.165, 1.54) is 51.4 Å². The van der Waals surface area contributed by atoms with Crippen LogP contribution in [0, 0.1) is 5.92 Å². The van der Waals surface area contributed by atoms with Crippen LogP contribution in [-0.2, 0) is 0 Å². The fraction of sp³-hybridized carbons (Fsp3) is 1.00. The molecule has 0 aromatic rings. The van der Waals surface area contributed by atoms with E-state index in [1.54, 1.807) is 0 Å². The van der Waals surface area contributed by atoms with Crippen molar-refractivity contribution in [2.45, 2.75) is 76.8 Å². The highest BCUT2D eigenvalue weighted by molar-refractivity contribution is 4.92. The summed E-state index contributed by atoms with van der Waals surface area (Å²) >= 11 is 0. The Balaban J connectivity index is 1.83. The molecule has 0 aromatic heterocycles. The van der Waals surface area contributed by atoms with Crippen LogP contribution in [0.2, 0.25) is 0 Å². The predicted octanol–water partition coefficient (Wildman–Crippen LogP) is 3.49. The minimum absolute atomic E-state index is 0.488. The minimum atomic E-state index is 0.488. The van der Waals surface area contributed by atoms with Gasteiger partial charge in [0.05, 0.1) is 0 Å². The Kier molecular flexibility index (Phi) is 3.16. The van der Waals surface area contributed by atoms with Crippen LogP contribution < -0.4 is 5.32 Å². The van der Waals surface area contributed by atoms with E-state index in [2.05, 4.69) is 19.2 Å². The van der Waals surface area contributed by atoms with Crippen LogP contribution in [-0.4, -0.2) is 11.6 Å². The molecule has 0 radical (unpaired) electrons. The maximum atomic E-state index is 3.92. The fourth-order valence-electron chi connectivity index (χ4n) is 3.36. The average Bonchev–Trinajstić information content (AvgIpc) is 2.51. The van der Waals surface area contributed by atoms with Gasteiger partial charge in [-0.15, -0.1) is 0 Å². The Labute approximate surface area is 88.7 Å². The molecule has 2 aliphatic rings. The third kappa shape index (κ3) is 2.50. The SMILES string of the molecule is CC1CCCC(NC2(C)CCCC2)C1. The first-order valence-corrected chi connectivity index (χ1v) is 6.46. The maximum Gasteiger partial charge on any atom is 0.0155 e. The monoisotopic (exact) mass is 195 g/mol. The summed E-state index contributed by atoms with van der Waals surface area (Å²) in [4.78, 5) is 0. The summed E-state index contributed by atoms with van der Waals surface area (Å²) in [6, 6.07) is 0.821. The van der Waals surface area contributed by atoms with Crippen molar-refractivity contribution in [3.63, 3.8) is 0 Å². The quantitative estimate of drug-likeness (QED) is 0.711. The topological polar surface area (TPSA) is 12.0 Å². The first-order chi connectivity index (χ1) is 6.68. The molecular weight excluding hydrogens is 170 g/mol. The van der Waals surface area contributed by atoms with E-state index in [4.69, 9.17) is 0 Å². The van der Waals surface area contributed by atoms with Gasteiger partial charge in [0.15, 0.2) is 0 Å². The third-order valence-electron chi connectivity index (χ3n) is 4.20. The number of rotatable bonds is 2. The van der Waals surface area contributed by atoms with Crippen molar-refractivity contribution in [3.8, 4) is 0 Å². The van der Waals surface area contributed by atoms with Crippen LogP contribution in [0.3, 0.4) is 0 Å². The van der Waals surface area contributed by atoms with Crippen molar-refractivity contribution < 1.29 is 0 Å². The average molecular weight is 195 g/mol. The van der Waals surface area contributed by atoms with Crippen LogP contribution in [0.15, 0.2) is 0 Å². The zero-order valence-electron chi connectivity index (χ0n) is 9.81. The normalized spacial score (nSPS) is 37.3. The lowest BCUT2D eigenvalue weighted by Crippen LogP contribution is -2.47. The lowest BCUT2D eigenvalue weighted by atomic mass is 9.85. The molecule has 0 amide bonds. The molecule has 0 aromatic carbocycles. The second kappa shape index (κ2) is 4.22. The van der Waals surface area contributed by atoms with Gasteiger partial charge in [0.2, 0.25) is 0 Å². The Morgan fingerprint density at radius 3 is 2.43 bits per heavy atom. The standard InChI is InChI=1S/C13H25N/c1-11-6-5-7-12(10-11)14-13(2)8-3-4-9-13/h11-12,14H,3-10H2,1-2H3. The van der Waals surface area contributed by atoms with E-state index < -0.39 is 0 Å². The molecule has 2 fully saturated rings. The zero-order valence-corrected chi connectivity index (χ0v) is 9.81. The second-order valence-corrected chi connectivity index (χ2v) is 5.88. The van der Waals surface area contributed by atoms with Gasteiger partial charge < -0.3 is 5.32 Å². The Bertz CT molecular complexity index is 182. The van der Waals surface area contributed by atoms with Crippen LogP contribution in [0.25, 0.3) is 0 Å². The first-order valence-electron chi connectivity index (χ1n) is 6.46. The molecule has 0 spiro atoms. The van der Waals surface area contributed by atoms with E-state index in [-0.39, 0.29) is 0 Å². The van der Waals surface area contributed by atoms with E-state index in [0.29, 0.717) is 5.54 Å². The van der Waals surface area contributed by atoms with Crippen molar-refractivity contribution >= 4 is 0 Å². The molecule has 2 aliphatic carbocycles. The highest BCUT2D eigenvalue weighted by Crippen LogP contribution is 2.32. The van der Waals surface area contributed by atoms with Gasteiger partial charge in [0, 0.05) is 11.6 Å². The molecule has 1 N–H and O–H groups in total. The Morgan fingerprint density at radius 2 is 1.79 bits per heavy atom. The molecule has 1 nitrogen and oxygen atoms in total. The highest BCUT2D eigenvalue weighted by Gasteiger charge is 2.31. The van der Waals surface area contributed by atoms with Crippen molar-refractivity contribution in [2.75, 3.05) is 0 Å².